The maximum absolute atomic E-state index is 6.28. The Hall–Kier alpha value is -2.08. The van der Waals surface area contributed by atoms with Gasteiger partial charge in [-0.1, -0.05) is 35.3 Å². The van der Waals surface area contributed by atoms with Gasteiger partial charge in [-0.2, -0.15) is 5.10 Å². The van der Waals surface area contributed by atoms with Crippen LogP contribution in [0.25, 0.3) is 0 Å². The number of hydrogen-bond donors (Lipinski definition) is 1. The van der Waals surface area contributed by atoms with E-state index in [-0.39, 0.29) is 0 Å². The molecule has 3 rings (SSSR count). The van der Waals surface area contributed by atoms with Gasteiger partial charge in [0.15, 0.2) is 0 Å². The summed E-state index contributed by atoms with van der Waals surface area (Å²) in [4.78, 5) is 4.27. The Morgan fingerprint density at radius 2 is 2.00 bits per heavy atom. The van der Waals surface area contributed by atoms with Crippen molar-refractivity contribution < 1.29 is 4.74 Å². The maximum Gasteiger partial charge on any atom is 0.203 e. The second-order valence-corrected chi connectivity index (χ2v) is 6.97. The smallest absolute Gasteiger partial charge is 0.203 e. The molecule has 7 heteroatoms. The number of anilines is 1. The third-order valence-corrected chi connectivity index (χ3v) is 4.67. The fourth-order valence-corrected chi connectivity index (χ4v) is 3.03. The van der Waals surface area contributed by atoms with Crippen LogP contribution < -0.4 is 10.2 Å². The zero-order chi connectivity index (χ0) is 17.6. The minimum absolute atomic E-state index is 0.426. The molecule has 0 radical (unpaired) electrons. The monoisotopic (exact) mass is 391 g/mol. The predicted octanol–water partition coefficient (Wildman–Crippen LogP) is 5.78. The molecule has 0 aliphatic heterocycles. The molecule has 128 valence electrons. The minimum Gasteiger partial charge on any atom is -0.487 e. The summed E-state index contributed by atoms with van der Waals surface area (Å²) in [6.45, 7) is 2.36. The quantitative estimate of drug-likeness (QED) is 0.427. The second kappa shape index (κ2) is 8.34. The van der Waals surface area contributed by atoms with Crippen LogP contribution in [-0.4, -0.2) is 11.2 Å². The Kier molecular flexibility index (Phi) is 5.91. The summed E-state index contributed by atoms with van der Waals surface area (Å²) in [7, 11) is 0. The van der Waals surface area contributed by atoms with Gasteiger partial charge < -0.3 is 4.74 Å². The highest BCUT2D eigenvalue weighted by molar-refractivity contribution is 7.13. The highest BCUT2D eigenvalue weighted by Crippen LogP contribution is 2.26. The molecule has 3 aromatic rings. The van der Waals surface area contributed by atoms with Gasteiger partial charge in [0.25, 0.3) is 0 Å². The summed E-state index contributed by atoms with van der Waals surface area (Å²) >= 11 is 13.7. The molecule has 0 saturated heterocycles. The van der Waals surface area contributed by atoms with Crippen LogP contribution in [0.3, 0.4) is 0 Å². The number of nitrogens with one attached hydrogen (secondary N) is 1. The standard InChI is InChI=1S/C18H15Cl2N3OS/c1-12-11-25-18(22-12)23-21-9-14-4-7-17(16(20)8-14)24-10-13-2-5-15(19)6-3-13/h2-9,11H,10H2,1H3,(H,22,23). The number of ether oxygens (including phenoxy) is 1. The van der Waals surface area contributed by atoms with E-state index in [1.54, 1.807) is 12.3 Å². The van der Waals surface area contributed by atoms with Crippen LogP contribution >= 0.6 is 34.5 Å². The number of nitrogens with zero attached hydrogens (tertiary/aromatic N) is 2. The van der Waals surface area contributed by atoms with Crippen LogP contribution in [0.1, 0.15) is 16.8 Å². The van der Waals surface area contributed by atoms with E-state index < -0.39 is 0 Å². The zero-order valence-corrected chi connectivity index (χ0v) is 15.7. The molecule has 4 nitrogen and oxygen atoms in total. The summed E-state index contributed by atoms with van der Waals surface area (Å²) in [5, 5.41) is 8.10. The number of hydrogen-bond acceptors (Lipinski definition) is 5. The average Bonchev–Trinajstić information content (AvgIpc) is 3.01. The molecule has 2 aromatic carbocycles. The number of aryl methyl sites for hydroxylation is 1. The summed E-state index contributed by atoms with van der Waals surface area (Å²) in [6.07, 6.45) is 1.69. The lowest BCUT2D eigenvalue weighted by atomic mass is 10.2. The Labute approximate surface area is 160 Å². The molecule has 0 bridgehead atoms. The first-order valence-electron chi connectivity index (χ1n) is 7.48. The predicted molar refractivity (Wildman–Crippen MR) is 105 cm³/mol. The van der Waals surface area contributed by atoms with Crippen molar-refractivity contribution in [1.82, 2.24) is 4.98 Å². The summed E-state index contributed by atoms with van der Waals surface area (Å²) < 4.78 is 5.75. The van der Waals surface area contributed by atoms with Gasteiger partial charge in [0.05, 0.1) is 16.9 Å². The highest BCUT2D eigenvalue weighted by atomic mass is 35.5. The van der Waals surface area contributed by atoms with E-state index in [0.29, 0.717) is 22.4 Å². The first-order valence-corrected chi connectivity index (χ1v) is 9.12. The van der Waals surface area contributed by atoms with E-state index in [0.717, 1.165) is 22.0 Å². The molecule has 0 saturated carbocycles. The average molecular weight is 392 g/mol. The van der Waals surface area contributed by atoms with Gasteiger partial charge in [-0.3, -0.25) is 5.43 Å². The molecular weight excluding hydrogens is 377 g/mol. The van der Waals surface area contributed by atoms with Crippen molar-refractivity contribution in [2.45, 2.75) is 13.5 Å². The van der Waals surface area contributed by atoms with E-state index in [4.69, 9.17) is 27.9 Å². The lowest BCUT2D eigenvalue weighted by Crippen LogP contribution is -1.96. The van der Waals surface area contributed by atoms with Gasteiger partial charge in [-0.15, -0.1) is 11.3 Å². The van der Waals surface area contributed by atoms with Gasteiger partial charge in [0.1, 0.15) is 12.4 Å². The molecule has 25 heavy (non-hydrogen) atoms. The molecule has 0 amide bonds. The van der Waals surface area contributed by atoms with Crippen LogP contribution in [0, 0.1) is 6.92 Å². The van der Waals surface area contributed by atoms with Crippen molar-refractivity contribution in [2.75, 3.05) is 5.43 Å². The molecule has 0 spiro atoms. The number of thiazole rings is 1. The summed E-state index contributed by atoms with van der Waals surface area (Å²) in [6, 6.07) is 13.0. The Morgan fingerprint density at radius 1 is 1.20 bits per heavy atom. The molecule has 0 fully saturated rings. The van der Waals surface area contributed by atoms with Crippen molar-refractivity contribution in [2.24, 2.45) is 5.10 Å². The number of aromatic nitrogens is 1. The Morgan fingerprint density at radius 3 is 2.68 bits per heavy atom. The van der Waals surface area contributed by atoms with Gasteiger partial charge in [-0.05, 0) is 48.4 Å². The minimum atomic E-state index is 0.426. The topological polar surface area (TPSA) is 46.5 Å². The number of halogens is 2. The fourth-order valence-electron chi connectivity index (χ4n) is 2.02. The molecule has 1 N–H and O–H groups in total. The third-order valence-electron chi connectivity index (χ3n) is 3.26. The Bertz CT molecular complexity index is 878. The van der Waals surface area contributed by atoms with E-state index >= 15 is 0 Å². The van der Waals surface area contributed by atoms with Crippen LogP contribution in [0.15, 0.2) is 52.9 Å². The van der Waals surface area contributed by atoms with E-state index in [9.17, 15) is 0 Å². The van der Waals surface area contributed by atoms with E-state index in [1.165, 1.54) is 11.3 Å². The number of hydrazone groups is 1. The van der Waals surface area contributed by atoms with Crippen molar-refractivity contribution in [3.05, 3.63) is 74.7 Å². The fraction of sp³-hybridized carbons (Fsp3) is 0.111. The van der Waals surface area contributed by atoms with Crippen LogP contribution in [0.5, 0.6) is 5.75 Å². The summed E-state index contributed by atoms with van der Waals surface area (Å²) in [5.74, 6) is 0.622. The molecule has 1 aromatic heterocycles. The lowest BCUT2D eigenvalue weighted by molar-refractivity contribution is 0.306. The molecule has 0 aliphatic rings. The molecule has 0 atom stereocenters. The lowest BCUT2D eigenvalue weighted by Gasteiger charge is -2.08. The van der Waals surface area contributed by atoms with E-state index in [1.807, 2.05) is 48.7 Å². The van der Waals surface area contributed by atoms with Crippen molar-refractivity contribution in [1.29, 1.82) is 0 Å². The highest BCUT2D eigenvalue weighted by Gasteiger charge is 2.03. The first kappa shape index (κ1) is 17.7. The van der Waals surface area contributed by atoms with Gasteiger partial charge >= 0.3 is 0 Å². The van der Waals surface area contributed by atoms with E-state index in [2.05, 4.69) is 15.5 Å². The van der Waals surface area contributed by atoms with Crippen molar-refractivity contribution in [3.63, 3.8) is 0 Å². The second-order valence-electron chi connectivity index (χ2n) is 5.27. The largest absolute Gasteiger partial charge is 0.487 e. The zero-order valence-electron chi connectivity index (χ0n) is 13.4. The molecule has 1 heterocycles. The van der Waals surface area contributed by atoms with Gasteiger partial charge in [-0.25, -0.2) is 4.98 Å². The normalized spacial score (nSPS) is 11.0. The van der Waals surface area contributed by atoms with Crippen LogP contribution in [0.4, 0.5) is 5.13 Å². The molecule has 0 aliphatic carbocycles. The first-order chi connectivity index (χ1) is 12.1. The molecular formula is C18H15Cl2N3OS. The number of rotatable bonds is 6. The van der Waals surface area contributed by atoms with Crippen molar-refractivity contribution in [3.8, 4) is 5.75 Å². The maximum atomic E-state index is 6.28. The van der Waals surface area contributed by atoms with Crippen LogP contribution in [0.2, 0.25) is 10.0 Å². The summed E-state index contributed by atoms with van der Waals surface area (Å²) in [5.41, 5.74) is 5.74. The third kappa shape index (κ3) is 5.19. The van der Waals surface area contributed by atoms with Crippen molar-refractivity contribution >= 4 is 45.9 Å². The number of benzene rings is 2. The van der Waals surface area contributed by atoms with Crippen LogP contribution in [-0.2, 0) is 6.61 Å². The SMILES string of the molecule is Cc1csc(NN=Cc2ccc(OCc3ccc(Cl)cc3)c(Cl)c2)n1. The van der Waals surface area contributed by atoms with Gasteiger partial charge in [0, 0.05) is 10.4 Å². The van der Waals surface area contributed by atoms with Gasteiger partial charge in [0.2, 0.25) is 5.13 Å². The Balaban J connectivity index is 1.59. The molecule has 0 unspecified atom stereocenters.